The van der Waals surface area contributed by atoms with Gasteiger partial charge >= 0.3 is 6.09 Å². The fourth-order valence-corrected chi connectivity index (χ4v) is 4.05. The summed E-state index contributed by atoms with van der Waals surface area (Å²) in [5.41, 5.74) is 1.23. The Kier molecular flexibility index (Phi) is 6.45. The van der Waals surface area contributed by atoms with Crippen molar-refractivity contribution in [3.63, 3.8) is 0 Å². The molecule has 0 unspecified atom stereocenters. The summed E-state index contributed by atoms with van der Waals surface area (Å²) in [4.78, 5) is 45.3. The highest BCUT2D eigenvalue weighted by molar-refractivity contribution is 6.30. The molecule has 0 spiro atoms. The summed E-state index contributed by atoms with van der Waals surface area (Å²) in [6.07, 6.45) is 3.42. The molecule has 2 amide bonds. The van der Waals surface area contributed by atoms with E-state index in [4.69, 9.17) is 16.0 Å². The number of carboxylic acid groups (broad SMARTS) is 1. The molecule has 0 radical (unpaired) electrons. The van der Waals surface area contributed by atoms with Gasteiger partial charge in [0.1, 0.15) is 22.7 Å². The van der Waals surface area contributed by atoms with Crippen LogP contribution in [0.15, 0.2) is 34.9 Å². The lowest BCUT2D eigenvalue weighted by molar-refractivity contribution is -0.121. The molecule has 0 saturated heterocycles. The SMILES string of the molecule is CN(C(=O)O)[C@H]1CC[C@H](C(=O)Nc2c(Nc3ccc(Cl)cn3)oc3ccc(C=O)nc23)CC1. The van der Waals surface area contributed by atoms with Gasteiger partial charge in [0.2, 0.25) is 11.8 Å². The topological polar surface area (TPSA) is 138 Å². The summed E-state index contributed by atoms with van der Waals surface area (Å²) in [5.74, 6) is 0.161. The monoisotopic (exact) mass is 471 g/mol. The number of fused-ring (bicyclic) bond motifs is 1. The first-order valence-corrected chi connectivity index (χ1v) is 10.8. The van der Waals surface area contributed by atoms with E-state index in [1.54, 1.807) is 25.2 Å². The van der Waals surface area contributed by atoms with Gasteiger partial charge in [-0.2, -0.15) is 0 Å². The summed E-state index contributed by atoms with van der Waals surface area (Å²) in [6, 6.07) is 6.34. The van der Waals surface area contributed by atoms with E-state index in [9.17, 15) is 19.5 Å². The van der Waals surface area contributed by atoms with Crippen LogP contribution < -0.4 is 10.6 Å². The second kappa shape index (κ2) is 9.45. The molecule has 1 aliphatic carbocycles. The lowest BCUT2D eigenvalue weighted by Gasteiger charge is -2.32. The number of amides is 2. The number of anilines is 3. The fraction of sp³-hybridized carbons (Fsp3) is 0.318. The third-order valence-electron chi connectivity index (χ3n) is 5.81. The summed E-state index contributed by atoms with van der Waals surface area (Å²) in [6.45, 7) is 0. The van der Waals surface area contributed by atoms with Crippen molar-refractivity contribution in [3.8, 4) is 0 Å². The lowest BCUT2D eigenvalue weighted by Crippen LogP contribution is -2.40. The molecule has 0 aliphatic heterocycles. The second-order valence-corrected chi connectivity index (χ2v) is 8.32. The van der Waals surface area contributed by atoms with Gasteiger partial charge in [-0.05, 0) is 49.9 Å². The number of hydrogen-bond acceptors (Lipinski definition) is 7. The van der Waals surface area contributed by atoms with Gasteiger partial charge in [-0.15, -0.1) is 0 Å². The number of carbonyl (C=O) groups excluding carboxylic acids is 2. The summed E-state index contributed by atoms with van der Waals surface area (Å²) < 4.78 is 5.85. The molecule has 0 atom stereocenters. The molecule has 3 aromatic heterocycles. The molecule has 1 fully saturated rings. The van der Waals surface area contributed by atoms with Crippen molar-refractivity contribution in [2.45, 2.75) is 31.7 Å². The lowest BCUT2D eigenvalue weighted by atomic mass is 9.85. The standard InChI is InChI=1S/C22H22ClN5O5/c1-28(22(31)32)15-6-2-12(3-7-15)20(30)27-19-18-16(8-5-14(11-29)25-18)33-21(19)26-17-9-4-13(23)10-24-17/h4-5,8-12,15H,2-3,6-7H2,1H3,(H,24,26)(H,27,30)(H,31,32)/t12-,15-. The van der Waals surface area contributed by atoms with Gasteiger partial charge < -0.3 is 25.1 Å². The Morgan fingerprint density at radius 3 is 2.61 bits per heavy atom. The molecule has 11 heteroatoms. The molecule has 33 heavy (non-hydrogen) atoms. The number of nitrogens with zero attached hydrogens (tertiary/aromatic N) is 3. The van der Waals surface area contributed by atoms with Crippen molar-refractivity contribution in [2.75, 3.05) is 17.7 Å². The number of carbonyl (C=O) groups is 3. The average molecular weight is 472 g/mol. The molecular formula is C22H22ClN5O5. The maximum Gasteiger partial charge on any atom is 0.407 e. The number of furan rings is 1. The Morgan fingerprint density at radius 1 is 1.21 bits per heavy atom. The summed E-state index contributed by atoms with van der Waals surface area (Å²) in [7, 11) is 1.55. The second-order valence-electron chi connectivity index (χ2n) is 7.88. The average Bonchev–Trinajstić information content (AvgIpc) is 3.15. The van der Waals surface area contributed by atoms with E-state index >= 15 is 0 Å². The first-order chi connectivity index (χ1) is 15.9. The van der Waals surface area contributed by atoms with Gasteiger partial charge in [-0.25, -0.2) is 14.8 Å². The smallest absolute Gasteiger partial charge is 0.407 e. The molecule has 3 aromatic rings. The van der Waals surface area contributed by atoms with Gasteiger partial charge in [0, 0.05) is 25.2 Å². The molecular weight excluding hydrogens is 450 g/mol. The normalized spacial score (nSPS) is 18.0. The third kappa shape index (κ3) is 4.90. The number of aldehydes is 1. The Balaban J connectivity index is 1.57. The fourth-order valence-electron chi connectivity index (χ4n) is 3.93. The molecule has 4 rings (SSSR count). The van der Waals surface area contributed by atoms with Gasteiger partial charge in [-0.3, -0.25) is 9.59 Å². The van der Waals surface area contributed by atoms with Crippen LogP contribution in [0.5, 0.6) is 0 Å². The Morgan fingerprint density at radius 2 is 1.97 bits per heavy atom. The molecule has 0 bridgehead atoms. The van der Waals surface area contributed by atoms with E-state index in [0.717, 1.165) is 0 Å². The van der Waals surface area contributed by atoms with Crippen LogP contribution in [0.3, 0.4) is 0 Å². The highest BCUT2D eigenvalue weighted by Crippen LogP contribution is 2.37. The van der Waals surface area contributed by atoms with Crippen LogP contribution in [0.25, 0.3) is 11.1 Å². The van der Waals surface area contributed by atoms with E-state index in [2.05, 4.69) is 20.6 Å². The minimum atomic E-state index is -0.976. The molecule has 172 valence electrons. The predicted molar refractivity (Wildman–Crippen MR) is 122 cm³/mol. The first kappa shape index (κ1) is 22.5. The van der Waals surface area contributed by atoms with Crippen LogP contribution in [0.1, 0.15) is 36.2 Å². The Hall–Kier alpha value is -3.66. The van der Waals surface area contributed by atoms with Crippen LogP contribution >= 0.6 is 11.6 Å². The van der Waals surface area contributed by atoms with Gasteiger partial charge in [0.25, 0.3) is 0 Å². The maximum absolute atomic E-state index is 13.1. The summed E-state index contributed by atoms with van der Waals surface area (Å²) in [5, 5.41) is 15.6. The van der Waals surface area contributed by atoms with E-state index in [-0.39, 0.29) is 29.4 Å². The molecule has 3 heterocycles. The highest BCUT2D eigenvalue weighted by Gasteiger charge is 2.31. The number of aromatic nitrogens is 2. The molecule has 10 nitrogen and oxygen atoms in total. The van der Waals surface area contributed by atoms with Gasteiger partial charge in [0.05, 0.1) is 5.02 Å². The molecule has 0 aromatic carbocycles. The van der Waals surface area contributed by atoms with Crippen molar-refractivity contribution >= 4 is 58.4 Å². The summed E-state index contributed by atoms with van der Waals surface area (Å²) >= 11 is 5.90. The van der Waals surface area contributed by atoms with Crippen LogP contribution in [-0.4, -0.2) is 51.4 Å². The number of pyridine rings is 2. The molecule has 3 N–H and O–H groups in total. The van der Waals surface area contributed by atoms with Crippen LogP contribution in [-0.2, 0) is 4.79 Å². The molecule has 1 aliphatic rings. The quantitative estimate of drug-likeness (QED) is 0.445. The first-order valence-electron chi connectivity index (χ1n) is 10.4. The van der Waals surface area contributed by atoms with E-state index < -0.39 is 6.09 Å². The number of hydrogen-bond donors (Lipinski definition) is 3. The zero-order valence-corrected chi connectivity index (χ0v) is 18.5. The van der Waals surface area contributed by atoms with Crippen LogP contribution in [0.4, 0.5) is 22.2 Å². The van der Waals surface area contributed by atoms with Crippen molar-refractivity contribution in [3.05, 3.63) is 41.2 Å². The van der Waals surface area contributed by atoms with Crippen molar-refractivity contribution in [1.29, 1.82) is 0 Å². The largest absolute Gasteiger partial charge is 0.465 e. The molecule has 1 saturated carbocycles. The minimum Gasteiger partial charge on any atom is -0.465 e. The number of rotatable bonds is 6. The number of halogens is 1. The zero-order valence-electron chi connectivity index (χ0n) is 17.7. The zero-order chi connectivity index (χ0) is 23.5. The van der Waals surface area contributed by atoms with Crippen LogP contribution in [0, 0.1) is 5.92 Å². The van der Waals surface area contributed by atoms with Crippen molar-refractivity contribution < 1.29 is 23.9 Å². The van der Waals surface area contributed by atoms with Crippen molar-refractivity contribution in [2.24, 2.45) is 5.92 Å². The van der Waals surface area contributed by atoms with E-state index in [1.807, 2.05) is 0 Å². The van der Waals surface area contributed by atoms with E-state index in [1.165, 1.54) is 17.2 Å². The number of nitrogens with one attached hydrogen (secondary N) is 2. The third-order valence-corrected chi connectivity index (χ3v) is 6.03. The Bertz CT molecular complexity index is 1190. The minimum absolute atomic E-state index is 0.105. The predicted octanol–water partition coefficient (Wildman–Crippen LogP) is 4.54. The van der Waals surface area contributed by atoms with Gasteiger partial charge in [-0.1, -0.05) is 11.6 Å². The van der Waals surface area contributed by atoms with Gasteiger partial charge in [0.15, 0.2) is 11.9 Å². The Labute approximate surface area is 193 Å². The highest BCUT2D eigenvalue weighted by atomic mass is 35.5. The van der Waals surface area contributed by atoms with Crippen molar-refractivity contribution in [1.82, 2.24) is 14.9 Å². The van der Waals surface area contributed by atoms with Crippen LogP contribution in [0.2, 0.25) is 5.02 Å². The van der Waals surface area contributed by atoms with E-state index in [0.29, 0.717) is 59.6 Å². The maximum atomic E-state index is 13.1.